The third kappa shape index (κ3) is 3.48. The molecule has 7 heteroatoms. The molecule has 3 rings (SSSR count). The van der Waals surface area contributed by atoms with Crippen LogP contribution in [0, 0.1) is 6.92 Å². The highest BCUT2D eigenvalue weighted by atomic mass is 16.5. The summed E-state index contributed by atoms with van der Waals surface area (Å²) in [6.45, 7) is 9.25. The van der Waals surface area contributed by atoms with Crippen molar-refractivity contribution in [1.82, 2.24) is 20.3 Å². The average Bonchev–Trinajstić information content (AvgIpc) is 2.93. The first-order chi connectivity index (χ1) is 10.6. The molecular weight excluding hydrogens is 284 g/mol. The Hall–Kier alpha value is -1.44. The zero-order valence-electron chi connectivity index (χ0n) is 13.2. The predicted octanol–water partition coefficient (Wildman–Crippen LogP) is 0.00412. The molecule has 1 amide bonds. The van der Waals surface area contributed by atoms with Crippen molar-refractivity contribution in [3.8, 4) is 0 Å². The van der Waals surface area contributed by atoms with E-state index in [-0.39, 0.29) is 18.1 Å². The SMILES string of the molecule is Cc1cc(CN2CCN(C(=O)[C@H]3NCCO[C@@H]3C)CC2)on1. The summed E-state index contributed by atoms with van der Waals surface area (Å²) >= 11 is 0. The van der Waals surface area contributed by atoms with Gasteiger partial charge in [-0.3, -0.25) is 9.69 Å². The third-order valence-corrected chi connectivity index (χ3v) is 4.32. The van der Waals surface area contributed by atoms with E-state index in [1.54, 1.807) is 0 Å². The minimum absolute atomic E-state index is 0.0588. The number of rotatable bonds is 3. The number of aryl methyl sites for hydroxylation is 1. The predicted molar refractivity (Wildman–Crippen MR) is 80.3 cm³/mol. The number of ether oxygens (including phenoxy) is 1. The van der Waals surface area contributed by atoms with Gasteiger partial charge in [-0.05, 0) is 13.8 Å². The van der Waals surface area contributed by atoms with Crippen molar-refractivity contribution in [2.45, 2.75) is 32.5 Å². The molecule has 7 nitrogen and oxygen atoms in total. The van der Waals surface area contributed by atoms with Crippen molar-refractivity contribution in [2.24, 2.45) is 0 Å². The maximum Gasteiger partial charge on any atom is 0.242 e. The second-order valence-electron chi connectivity index (χ2n) is 6.04. The van der Waals surface area contributed by atoms with Crippen molar-refractivity contribution < 1.29 is 14.1 Å². The monoisotopic (exact) mass is 308 g/mol. The Morgan fingerprint density at radius 2 is 2.18 bits per heavy atom. The zero-order valence-corrected chi connectivity index (χ0v) is 13.2. The summed E-state index contributed by atoms with van der Waals surface area (Å²) in [6, 6.07) is 1.75. The van der Waals surface area contributed by atoms with E-state index >= 15 is 0 Å². The van der Waals surface area contributed by atoms with Crippen LogP contribution in [-0.2, 0) is 16.1 Å². The van der Waals surface area contributed by atoms with Gasteiger partial charge in [-0.1, -0.05) is 5.16 Å². The molecule has 122 valence electrons. The molecule has 0 radical (unpaired) electrons. The van der Waals surface area contributed by atoms with Crippen LogP contribution in [0.4, 0.5) is 0 Å². The lowest BCUT2D eigenvalue weighted by molar-refractivity contribution is -0.141. The molecule has 22 heavy (non-hydrogen) atoms. The van der Waals surface area contributed by atoms with Crippen LogP contribution < -0.4 is 5.32 Å². The highest BCUT2D eigenvalue weighted by Crippen LogP contribution is 2.13. The molecule has 2 atom stereocenters. The number of piperazine rings is 1. The van der Waals surface area contributed by atoms with Gasteiger partial charge in [-0.2, -0.15) is 0 Å². The van der Waals surface area contributed by atoms with Crippen LogP contribution in [-0.4, -0.2) is 72.3 Å². The van der Waals surface area contributed by atoms with Crippen molar-refractivity contribution in [3.63, 3.8) is 0 Å². The summed E-state index contributed by atoms with van der Waals surface area (Å²) in [5.41, 5.74) is 0.904. The number of carbonyl (C=O) groups is 1. The van der Waals surface area contributed by atoms with E-state index < -0.39 is 0 Å². The van der Waals surface area contributed by atoms with Crippen LogP contribution in [0.3, 0.4) is 0 Å². The van der Waals surface area contributed by atoms with E-state index in [4.69, 9.17) is 9.26 Å². The van der Waals surface area contributed by atoms with Gasteiger partial charge in [-0.25, -0.2) is 0 Å². The molecule has 0 spiro atoms. The van der Waals surface area contributed by atoms with Crippen molar-refractivity contribution in [2.75, 3.05) is 39.3 Å². The Bertz CT molecular complexity index is 511. The smallest absolute Gasteiger partial charge is 0.242 e. The molecular formula is C15H24N4O3. The third-order valence-electron chi connectivity index (χ3n) is 4.32. The molecule has 0 aromatic carbocycles. The summed E-state index contributed by atoms with van der Waals surface area (Å²) in [5, 5.41) is 7.17. The van der Waals surface area contributed by atoms with Crippen LogP contribution in [0.1, 0.15) is 18.4 Å². The summed E-state index contributed by atoms with van der Waals surface area (Å²) < 4.78 is 10.8. The maximum atomic E-state index is 12.6. The van der Waals surface area contributed by atoms with Gasteiger partial charge in [0, 0.05) is 38.8 Å². The largest absolute Gasteiger partial charge is 0.375 e. The van der Waals surface area contributed by atoms with Gasteiger partial charge >= 0.3 is 0 Å². The molecule has 3 heterocycles. The normalized spacial score (nSPS) is 27.1. The summed E-state index contributed by atoms with van der Waals surface area (Å²) in [4.78, 5) is 16.8. The Balaban J connectivity index is 1.49. The number of carbonyl (C=O) groups excluding carboxylic acids is 1. The number of hydrogen-bond donors (Lipinski definition) is 1. The van der Waals surface area contributed by atoms with Crippen LogP contribution in [0.15, 0.2) is 10.6 Å². The Morgan fingerprint density at radius 1 is 1.41 bits per heavy atom. The zero-order chi connectivity index (χ0) is 15.5. The molecule has 0 bridgehead atoms. The number of amides is 1. The fourth-order valence-corrected chi connectivity index (χ4v) is 3.04. The molecule has 2 aliphatic heterocycles. The van der Waals surface area contributed by atoms with Crippen LogP contribution in [0.25, 0.3) is 0 Å². The molecule has 1 aromatic rings. The molecule has 2 fully saturated rings. The average molecular weight is 308 g/mol. The lowest BCUT2D eigenvalue weighted by Crippen LogP contribution is -2.59. The van der Waals surface area contributed by atoms with Crippen LogP contribution in [0.2, 0.25) is 0 Å². The second-order valence-corrected chi connectivity index (χ2v) is 6.04. The molecule has 0 saturated carbocycles. The van der Waals surface area contributed by atoms with Crippen LogP contribution >= 0.6 is 0 Å². The van der Waals surface area contributed by atoms with E-state index in [0.717, 1.165) is 50.7 Å². The first kappa shape index (κ1) is 15.5. The standard InChI is InChI=1S/C15H24N4O3/c1-11-9-13(22-17-11)10-18-4-6-19(7-5-18)15(20)14-12(2)21-8-3-16-14/h9,12,14,16H,3-8,10H2,1-2H3/t12-,14+/m1/s1. The van der Waals surface area contributed by atoms with Gasteiger partial charge in [0.2, 0.25) is 5.91 Å². The highest BCUT2D eigenvalue weighted by molar-refractivity contribution is 5.82. The molecule has 0 aliphatic carbocycles. The number of hydrogen-bond acceptors (Lipinski definition) is 6. The van der Waals surface area contributed by atoms with Crippen molar-refractivity contribution in [1.29, 1.82) is 0 Å². The molecule has 0 unspecified atom stereocenters. The van der Waals surface area contributed by atoms with Crippen molar-refractivity contribution in [3.05, 3.63) is 17.5 Å². The van der Waals surface area contributed by atoms with Gasteiger partial charge in [0.25, 0.3) is 0 Å². The lowest BCUT2D eigenvalue weighted by atomic mass is 10.1. The summed E-state index contributed by atoms with van der Waals surface area (Å²) in [5.74, 6) is 1.04. The Kier molecular flexibility index (Phi) is 4.75. The Morgan fingerprint density at radius 3 is 2.82 bits per heavy atom. The van der Waals surface area contributed by atoms with Crippen molar-refractivity contribution >= 4 is 5.91 Å². The lowest BCUT2D eigenvalue weighted by Gasteiger charge is -2.38. The maximum absolute atomic E-state index is 12.6. The topological polar surface area (TPSA) is 70.8 Å². The number of morpholine rings is 1. The first-order valence-corrected chi connectivity index (χ1v) is 7.92. The van der Waals surface area contributed by atoms with Gasteiger partial charge in [-0.15, -0.1) is 0 Å². The van der Waals surface area contributed by atoms with Gasteiger partial charge in [0.1, 0.15) is 6.04 Å². The fourth-order valence-electron chi connectivity index (χ4n) is 3.04. The molecule has 2 saturated heterocycles. The van der Waals surface area contributed by atoms with Gasteiger partial charge in [0.15, 0.2) is 5.76 Å². The van der Waals surface area contributed by atoms with E-state index in [9.17, 15) is 4.79 Å². The van der Waals surface area contributed by atoms with Gasteiger partial charge in [0.05, 0.1) is 24.9 Å². The Labute approximate surface area is 130 Å². The number of aromatic nitrogens is 1. The van der Waals surface area contributed by atoms with E-state index in [0.29, 0.717) is 6.61 Å². The van der Waals surface area contributed by atoms with E-state index in [1.807, 2.05) is 24.8 Å². The van der Waals surface area contributed by atoms with Gasteiger partial charge < -0.3 is 19.5 Å². The second kappa shape index (κ2) is 6.76. The first-order valence-electron chi connectivity index (χ1n) is 7.92. The number of nitrogens with zero attached hydrogens (tertiary/aromatic N) is 3. The minimum atomic E-state index is -0.211. The molecule has 1 aromatic heterocycles. The van der Waals surface area contributed by atoms with E-state index in [2.05, 4.69) is 15.4 Å². The highest BCUT2D eigenvalue weighted by Gasteiger charge is 2.33. The molecule has 1 N–H and O–H groups in total. The van der Waals surface area contributed by atoms with E-state index in [1.165, 1.54) is 0 Å². The van der Waals surface area contributed by atoms with Crippen LogP contribution in [0.5, 0.6) is 0 Å². The fraction of sp³-hybridized carbons (Fsp3) is 0.733. The molecule has 2 aliphatic rings. The minimum Gasteiger partial charge on any atom is -0.375 e. The quantitative estimate of drug-likeness (QED) is 0.848. The summed E-state index contributed by atoms with van der Waals surface area (Å²) in [7, 11) is 0. The summed E-state index contributed by atoms with van der Waals surface area (Å²) in [6.07, 6.45) is -0.0588. The number of nitrogens with one attached hydrogen (secondary N) is 1.